The van der Waals surface area contributed by atoms with E-state index in [4.69, 9.17) is 0 Å². The molecular weight excluding hydrogens is 262 g/mol. The monoisotopic (exact) mass is 283 g/mol. The van der Waals surface area contributed by atoms with E-state index in [0.29, 0.717) is 6.42 Å². The molecule has 3 rings (SSSR count). The van der Waals surface area contributed by atoms with Crippen molar-refractivity contribution in [1.29, 1.82) is 0 Å². The van der Waals surface area contributed by atoms with Gasteiger partial charge in [-0.1, -0.05) is 18.2 Å². The average molecular weight is 283 g/mol. The molecule has 4 nitrogen and oxygen atoms in total. The Labute approximate surface area is 125 Å². The first-order chi connectivity index (χ1) is 10.1. The van der Waals surface area contributed by atoms with E-state index in [1.54, 1.807) is 0 Å². The molecule has 21 heavy (non-hydrogen) atoms. The van der Waals surface area contributed by atoms with Crippen LogP contribution in [-0.4, -0.2) is 22.2 Å². The average Bonchev–Trinajstić information content (AvgIpc) is 3.00. The number of benzene rings is 1. The third kappa shape index (κ3) is 2.46. The first kappa shape index (κ1) is 13.9. The molecule has 110 valence electrons. The van der Waals surface area contributed by atoms with Crippen molar-refractivity contribution in [2.24, 2.45) is 7.05 Å². The lowest BCUT2D eigenvalue weighted by molar-refractivity contribution is -0.118. The van der Waals surface area contributed by atoms with Crippen LogP contribution in [0.2, 0.25) is 0 Å². The molecule has 0 unspecified atom stereocenters. The first-order valence-corrected chi connectivity index (χ1v) is 7.45. The van der Waals surface area contributed by atoms with Crippen molar-refractivity contribution < 1.29 is 4.79 Å². The Morgan fingerprint density at radius 1 is 1.29 bits per heavy atom. The zero-order chi connectivity index (χ0) is 15.0. The minimum Gasteiger partial charge on any atom is -0.312 e. The Hall–Kier alpha value is -2.10. The van der Waals surface area contributed by atoms with Gasteiger partial charge in [0.15, 0.2) is 0 Å². The van der Waals surface area contributed by atoms with Crippen LogP contribution < -0.4 is 4.90 Å². The molecule has 0 N–H and O–H groups in total. The molecule has 2 aromatic rings. The molecule has 1 aromatic carbocycles. The van der Waals surface area contributed by atoms with E-state index in [-0.39, 0.29) is 5.91 Å². The number of carbonyl (C=O) groups is 1. The highest BCUT2D eigenvalue weighted by molar-refractivity contribution is 5.95. The summed E-state index contributed by atoms with van der Waals surface area (Å²) in [6, 6.07) is 8.19. The second-order valence-electron chi connectivity index (χ2n) is 5.70. The van der Waals surface area contributed by atoms with Gasteiger partial charge in [0, 0.05) is 31.4 Å². The second-order valence-corrected chi connectivity index (χ2v) is 5.70. The zero-order valence-corrected chi connectivity index (χ0v) is 12.9. The minimum absolute atomic E-state index is 0.211. The van der Waals surface area contributed by atoms with Crippen LogP contribution in [0, 0.1) is 13.8 Å². The summed E-state index contributed by atoms with van der Waals surface area (Å²) >= 11 is 0. The van der Waals surface area contributed by atoms with E-state index in [9.17, 15) is 4.79 Å². The normalized spacial score (nSPS) is 13.6. The number of nitrogens with zero attached hydrogens (tertiary/aromatic N) is 3. The number of rotatable bonds is 3. The van der Waals surface area contributed by atoms with Crippen LogP contribution in [0.15, 0.2) is 24.3 Å². The molecule has 0 radical (unpaired) electrons. The van der Waals surface area contributed by atoms with Crippen molar-refractivity contribution in [3.8, 4) is 0 Å². The summed E-state index contributed by atoms with van der Waals surface area (Å²) in [5.74, 6) is 0.211. The Bertz CT molecular complexity index is 687. The predicted molar refractivity (Wildman–Crippen MR) is 83.5 cm³/mol. The minimum atomic E-state index is 0.211. The van der Waals surface area contributed by atoms with E-state index in [1.165, 1.54) is 11.1 Å². The molecule has 0 bridgehead atoms. The molecule has 0 aliphatic carbocycles. The SMILES string of the molecule is Cc1nn(C)c(C)c1CCC(=O)N1CCc2ccccc21. The topological polar surface area (TPSA) is 38.1 Å². The number of carbonyl (C=O) groups excluding carboxylic acids is 1. The molecule has 1 aromatic heterocycles. The van der Waals surface area contributed by atoms with E-state index in [0.717, 1.165) is 36.5 Å². The summed E-state index contributed by atoms with van der Waals surface area (Å²) in [4.78, 5) is 14.4. The molecule has 0 saturated carbocycles. The predicted octanol–water partition coefficient (Wildman–Crippen LogP) is 2.56. The van der Waals surface area contributed by atoms with E-state index in [1.807, 2.05) is 41.8 Å². The van der Waals surface area contributed by atoms with Gasteiger partial charge in [-0.15, -0.1) is 0 Å². The van der Waals surface area contributed by atoms with Crippen LogP contribution in [0.5, 0.6) is 0 Å². The van der Waals surface area contributed by atoms with Crippen molar-refractivity contribution in [2.45, 2.75) is 33.1 Å². The fraction of sp³-hybridized carbons (Fsp3) is 0.412. The number of aryl methyl sites for hydroxylation is 2. The molecule has 0 spiro atoms. The van der Waals surface area contributed by atoms with Gasteiger partial charge in [0.1, 0.15) is 0 Å². The van der Waals surface area contributed by atoms with Gasteiger partial charge < -0.3 is 4.90 Å². The Balaban J connectivity index is 1.71. The molecular formula is C17H21N3O. The summed E-state index contributed by atoms with van der Waals surface area (Å²) in [5, 5.41) is 4.41. The maximum atomic E-state index is 12.5. The fourth-order valence-corrected chi connectivity index (χ4v) is 3.14. The maximum Gasteiger partial charge on any atom is 0.227 e. The Morgan fingerprint density at radius 3 is 2.76 bits per heavy atom. The standard InChI is InChI=1S/C17H21N3O/c1-12-15(13(2)19(3)18-12)8-9-17(21)20-11-10-14-6-4-5-7-16(14)20/h4-7H,8-11H2,1-3H3. The molecule has 0 saturated heterocycles. The van der Waals surface area contributed by atoms with Crippen molar-refractivity contribution >= 4 is 11.6 Å². The van der Waals surface area contributed by atoms with Crippen LogP contribution in [0.1, 0.15) is 28.9 Å². The van der Waals surface area contributed by atoms with Gasteiger partial charge in [-0.3, -0.25) is 9.48 Å². The molecule has 0 atom stereocenters. The molecule has 2 heterocycles. The zero-order valence-electron chi connectivity index (χ0n) is 12.9. The molecule has 1 aliphatic heterocycles. The van der Waals surface area contributed by atoms with Crippen LogP contribution >= 0.6 is 0 Å². The number of anilines is 1. The largest absolute Gasteiger partial charge is 0.312 e. The lowest BCUT2D eigenvalue weighted by Gasteiger charge is -2.17. The Morgan fingerprint density at radius 2 is 2.05 bits per heavy atom. The summed E-state index contributed by atoms with van der Waals surface area (Å²) in [6.07, 6.45) is 2.28. The van der Waals surface area contributed by atoms with Crippen molar-refractivity contribution in [3.05, 3.63) is 46.8 Å². The highest BCUT2D eigenvalue weighted by atomic mass is 16.2. The lowest BCUT2D eigenvalue weighted by Crippen LogP contribution is -2.29. The lowest BCUT2D eigenvalue weighted by atomic mass is 10.1. The van der Waals surface area contributed by atoms with Gasteiger partial charge in [0.25, 0.3) is 0 Å². The smallest absolute Gasteiger partial charge is 0.227 e. The van der Waals surface area contributed by atoms with Gasteiger partial charge >= 0.3 is 0 Å². The number of hydrogen-bond donors (Lipinski definition) is 0. The molecule has 0 fully saturated rings. The quantitative estimate of drug-likeness (QED) is 0.868. The van der Waals surface area contributed by atoms with E-state index < -0.39 is 0 Å². The van der Waals surface area contributed by atoms with E-state index in [2.05, 4.69) is 18.1 Å². The van der Waals surface area contributed by atoms with Crippen molar-refractivity contribution in [2.75, 3.05) is 11.4 Å². The molecule has 1 amide bonds. The molecule has 4 heteroatoms. The van der Waals surface area contributed by atoms with Gasteiger partial charge in [0.05, 0.1) is 5.69 Å². The van der Waals surface area contributed by atoms with Crippen LogP contribution in [0.25, 0.3) is 0 Å². The van der Waals surface area contributed by atoms with Crippen LogP contribution in [0.4, 0.5) is 5.69 Å². The first-order valence-electron chi connectivity index (χ1n) is 7.45. The van der Waals surface area contributed by atoms with Crippen LogP contribution in [-0.2, 0) is 24.7 Å². The summed E-state index contributed by atoms with van der Waals surface area (Å²) in [6.45, 7) is 4.88. The number of para-hydroxylation sites is 1. The Kier molecular flexibility index (Phi) is 3.53. The van der Waals surface area contributed by atoms with Gasteiger partial charge in [-0.2, -0.15) is 5.10 Å². The summed E-state index contributed by atoms with van der Waals surface area (Å²) in [7, 11) is 1.95. The van der Waals surface area contributed by atoms with Crippen molar-refractivity contribution in [3.63, 3.8) is 0 Å². The third-order valence-electron chi connectivity index (χ3n) is 4.44. The maximum absolute atomic E-state index is 12.5. The van der Waals surface area contributed by atoms with Crippen molar-refractivity contribution in [1.82, 2.24) is 9.78 Å². The highest BCUT2D eigenvalue weighted by Crippen LogP contribution is 2.28. The van der Waals surface area contributed by atoms with Gasteiger partial charge in [-0.05, 0) is 43.9 Å². The molecule has 1 aliphatic rings. The number of hydrogen-bond acceptors (Lipinski definition) is 2. The van der Waals surface area contributed by atoms with E-state index >= 15 is 0 Å². The highest BCUT2D eigenvalue weighted by Gasteiger charge is 2.24. The van der Waals surface area contributed by atoms with Crippen LogP contribution in [0.3, 0.4) is 0 Å². The van der Waals surface area contributed by atoms with Gasteiger partial charge in [-0.25, -0.2) is 0 Å². The summed E-state index contributed by atoms with van der Waals surface area (Å²) in [5.41, 5.74) is 5.76. The number of amides is 1. The third-order valence-corrected chi connectivity index (χ3v) is 4.44. The fourth-order valence-electron chi connectivity index (χ4n) is 3.14. The number of fused-ring (bicyclic) bond motifs is 1. The number of aromatic nitrogens is 2. The summed E-state index contributed by atoms with van der Waals surface area (Å²) < 4.78 is 1.89. The second kappa shape index (κ2) is 5.35. The van der Waals surface area contributed by atoms with Gasteiger partial charge in [0.2, 0.25) is 5.91 Å².